The highest BCUT2D eigenvalue weighted by Crippen LogP contribution is 2.36. The third kappa shape index (κ3) is 3.04. The van der Waals surface area contributed by atoms with Gasteiger partial charge in [0.15, 0.2) is 5.82 Å². The van der Waals surface area contributed by atoms with E-state index in [0.717, 1.165) is 25.7 Å². The van der Waals surface area contributed by atoms with Crippen molar-refractivity contribution in [1.29, 1.82) is 0 Å². The number of nitrogens with zero attached hydrogens (tertiary/aromatic N) is 2. The molecule has 6 heteroatoms. The summed E-state index contributed by atoms with van der Waals surface area (Å²) in [5, 5.41) is 10.5. The fourth-order valence-electron chi connectivity index (χ4n) is 3.16. The van der Waals surface area contributed by atoms with Gasteiger partial charge in [-0.15, -0.1) is 0 Å². The first kappa shape index (κ1) is 16.5. The molecule has 126 valence electrons. The largest absolute Gasteiger partial charge is 0.461 e. The number of ether oxygens (including phenoxy) is 1. The van der Waals surface area contributed by atoms with Crippen LogP contribution in [0.25, 0.3) is 11.0 Å². The van der Waals surface area contributed by atoms with Crippen LogP contribution in [-0.2, 0) is 12.6 Å². The molecule has 1 fully saturated rings. The number of fused-ring (bicyclic) bond motifs is 1. The molecule has 1 aliphatic rings. The van der Waals surface area contributed by atoms with E-state index in [4.69, 9.17) is 16.3 Å². The first-order valence-electron chi connectivity index (χ1n) is 8.03. The zero-order valence-corrected chi connectivity index (χ0v) is 14.5. The minimum Gasteiger partial charge on any atom is -0.461 e. The molecule has 0 radical (unpaired) electrons. The Balaban J connectivity index is 2.07. The van der Waals surface area contributed by atoms with Crippen LogP contribution in [0, 0.1) is 5.82 Å². The van der Waals surface area contributed by atoms with Gasteiger partial charge in [0.2, 0.25) is 0 Å². The number of aliphatic hydroxyl groups is 1. The van der Waals surface area contributed by atoms with Crippen molar-refractivity contribution in [2.24, 2.45) is 7.05 Å². The number of halogens is 2. The summed E-state index contributed by atoms with van der Waals surface area (Å²) in [6.45, 7) is 3.06. The van der Waals surface area contributed by atoms with Crippen LogP contribution in [0.2, 0.25) is 5.02 Å². The molecule has 1 N–H and O–H groups in total. The lowest BCUT2D eigenvalue weighted by Crippen LogP contribution is -2.21. The third-order valence-corrected chi connectivity index (χ3v) is 4.77. The first-order valence-corrected chi connectivity index (χ1v) is 8.40. The van der Waals surface area contributed by atoms with Gasteiger partial charge in [0, 0.05) is 12.6 Å². The summed E-state index contributed by atoms with van der Waals surface area (Å²) in [6, 6.07) is 1.82. The molecule has 23 heavy (non-hydrogen) atoms. The predicted molar refractivity (Wildman–Crippen MR) is 88.4 cm³/mol. The number of aryl methyl sites for hydroxylation is 1. The molecule has 0 bridgehead atoms. The van der Waals surface area contributed by atoms with Gasteiger partial charge in [-0.2, -0.15) is 4.98 Å². The molecule has 1 aliphatic carbocycles. The highest BCUT2D eigenvalue weighted by molar-refractivity contribution is 6.35. The number of aromatic nitrogens is 2. The Morgan fingerprint density at radius 1 is 1.35 bits per heavy atom. The summed E-state index contributed by atoms with van der Waals surface area (Å²) in [6.07, 6.45) is 5.63. The molecule has 0 unspecified atom stereocenters. The van der Waals surface area contributed by atoms with E-state index in [0.29, 0.717) is 16.5 Å². The second-order valence-electron chi connectivity index (χ2n) is 6.81. The summed E-state index contributed by atoms with van der Waals surface area (Å²) in [4.78, 5) is 4.38. The topological polar surface area (TPSA) is 47.3 Å². The Morgan fingerprint density at radius 2 is 2.00 bits per heavy atom. The molecule has 0 spiro atoms. The van der Waals surface area contributed by atoms with Crippen LogP contribution >= 0.6 is 11.6 Å². The molecule has 0 saturated heterocycles. The third-order valence-electron chi connectivity index (χ3n) is 4.48. The van der Waals surface area contributed by atoms with E-state index < -0.39 is 11.4 Å². The lowest BCUT2D eigenvalue weighted by Gasteiger charge is -2.22. The first-order chi connectivity index (χ1) is 10.8. The quantitative estimate of drug-likeness (QED) is 0.906. The van der Waals surface area contributed by atoms with E-state index in [1.54, 1.807) is 11.6 Å². The van der Waals surface area contributed by atoms with Crippen LogP contribution in [0.5, 0.6) is 6.01 Å². The molecule has 3 rings (SSSR count). The summed E-state index contributed by atoms with van der Waals surface area (Å²) >= 11 is 6.26. The fraction of sp³-hybridized carbons (Fsp3) is 0.588. The average Bonchev–Trinajstić information content (AvgIpc) is 2.81. The highest BCUT2D eigenvalue weighted by Gasteiger charge is 2.27. The second-order valence-corrected chi connectivity index (χ2v) is 7.21. The smallest absolute Gasteiger partial charge is 0.297 e. The Morgan fingerprint density at radius 3 is 2.61 bits per heavy atom. The van der Waals surface area contributed by atoms with Crippen molar-refractivity contribution in [3.63, 3.8) is 0 Å². The van der Waals surface area contributed by atoms with Crippen molar-refractivity contribution in [2.75, 3.05) is 0 Å². The van der Waals surface area contributed by atoms with Crippen molar-refractivity contribution in [3.8, 4) is 6.01 Å². The van der Waals surface area contributed by atoms with Gasteiger partial charge in [-0.05, 0) is 45.6 Å². The van der Waals surface area contributed by atoms with Crippen LogP contribution in [0.3, 0.4) is 0 Å². The SMILES string of the molecule is Cn1c(OC2CCCCC2)nc2c(Cl)cc(C(C)(C)O)c(F)c21. The van der Waals surface area contributed by atoms with Crippen LogP contribution in [0.4, 0.5) is 4.39 Å². The maximum atomic E-state index is 14.9. The molecular formula is C17H22ClFN2O2. The Kier molecular flexibility index (Phi) is 4.27. The molecule has 1 heterocycles. The summed E-state index contributed by atoms with van der Waals surface area (Å²) < 4.78 is 22.4. The Hall–Kier alpha value is -1.33. The summed E-state index contributed by atoms with van der Waals surface area (Å²) in [5.41, 5.74) is -0.538. The molecule has 1 aromatic heterocycles. The number of rotatable bonds is 3. The molecule has 4 nitrogen and oxygen atoms in total. The van der Waals surface area contributed by atoms with Gasteiger partial charge in [0.25, 0.3) is 6.01 Å². The zero-order chi connectivity index (χ0) is 16.8. The van der Waals surface area contributed by atoms with E-state index in [1.165, 1.54) is 26.3 Å². The standard InChI is InChI=1S/C17H22ClFN2O2/c1-17(2,22)11-9-12(18)14-15(13(11)19)21(3)16(20-14)23-10-7-5-4-6-8-10/h9-10,22H,4-8H2,1-3H3. The number of imidazole rings is 1. The molecule has 2 aromatic rings. The normalized spacial score (nSPS) is 17.0. The van der Waals surface area contributed by atoms with Crippen molar-refractivity contribution in [3.05, 3.63) is 22.5 Å². The monoisotopic (exact) mass is 340 g/mol. The molecule has 0 aliphatic heterocycles. The molecule has 0 amide bonds. The van der Waals surface area contributed by atoms with Gasteiger partial charge in [0.05, 0.1) is 10.6 Å². The van der Waals surface area contributed by atoms with Crippen molar-refractivity contribution >= 4 is 22.6 Å². The van der Waals surface area contributed by atoms with Gasteiger partial charge in [-0.25, -0.2) is 4.39 Å². The van der Waals surface area contributed by atoms with Crippen LogP contribution < -0.4 is 4.74 Å². The molecular weight excluding hydrogens is 319 g/mol. The lowest BCUT2D eigenvalue weighted by molar-refractivity contribution is 0.0748. The maximum Gasteiger partial charge on any atom is 0.297 e. The molecule has 0 atom stereocenters. The summed E-state index contributed by atoms with van der Waals surface area (Å²) in [7, 11) is 1.71. The highest BCUT2D eigenvalue weighted by atomic mass is 35.5. The van der Waals surface area contributed by atoms with Gasteiger partial charge >= 0.3 is 0 Å². The van der Waals surface area contributed by atoms with E-state index in [2.05, 4.69) is 4.98 Å². The molecule has 1 saturated carbocycles. The van der Waals surface area contributed by atoms with E-state index in [1.807, 2.05) is 0 Å². The van der Waals surface area contributed by atoms with Gasteiger partial charge in [-0.1, -0.05) is 18.0 Å². The Bertz CT molecular complexity index is 730. The summed E-state index contributed by atoms with van der Waals surface area (Å²) in [5.74, 6) is -0.509. The van der Waals surface area contributed by atoms with E-state index >= 15 is 0 Å². The number of hydrogen-bond acceptors (Lipinski definition) is 3. The van der Waals surface area contributed by atoms with Gasteiger partial charge < -0.3 is 9.84 Å². The molecule has 1 aromatic carbocycles. The van der Waals surface area contributed by atoms with Crippen molar-refractivity contribution in [1.82, 2.24) is 9.55 Å². The minimum atomic E-state index is -1.32. The lowest BCUT2D eigenvalue weighted by atomic mass is 9.97. The average molecular weight is 341 g/mol. The predicted octanol–water partition coefficient (Wildman–Crippen LogP) is 4.30. The van der Waals surface area contributed by atoms with Crippen molar-refractivity contribution in [2.45, 2.75) is 57.7 Å². The van der Waals surface area contributed by atoms with Crippen molar-refractivity contribution < 1.29 is 14.2 Å². The zero-order valence-electron chi connectivity index (χ0n) is 13.7. The van der Waals surface area contributed by atoms with Crippen LogP contribution in [0.1, 0.15) is 51.5 Å². The minimum absolute atomic E-state index is 0.120. The fourth-order valence-corrected chi connectivity index (χ4v) is 3.41. The van der Waals surface area contributed by atoms with E-state index in [-0.39, 0.29) is 17.2 Å². The number of hydrogen-bond donors (Lipinski definition) is 1. The van der Waals surface area contributed by atoms with Gasteiger partial charge in [-0.3, -0.25) is 4.57 Å². The second kappa shape index (κ2) is 5.95. The maximum absolute atomic E-state index is 14.9. The van der Waals surface area contributed by atoms with E-state index in [9.17, 15) is 9.50 Å². The Labute approximate surface area is 140 Å². The van der Waals surface area contributed by atoms with Crippen LogP contribution in [-0.4, -0.2) is 20.8 Å². The van der Waals surface area contributed by atoms with Crippen LogP contribution in [0.15, 0.2) is 6.07 Å². The van der Waals surface area contributed by atoms with Gasteiger partial charge in [0.1, 0.15) is 17.1 Å². The number of benzene rings is 1.